The predicted octanol–water partition coefficient (Wildman–Crippen LogP) is 3.97. The van der Waals surface area contributed by atoms with Gasteiger partial charge in [0.05, 0.1) is 4.90 Å². The molecule has 4 heteroatoms. The number of hydrogen-bond donors (Lipinski definition) is 0. The molecule has 2 aliphatic carbocycles. The SMILES string of the molecule is CS(=O)(=O)c1ccc(C2=C(c3cccnc3)CC3(CC3)C2)cc1. The van der Waals surface area contributed by atoms with Gasteiger partial charge in [-0.2, -0.15) is 0 Å². The number of aromatic nitrogens is 1. The van der Waals surface area contributed by atoms with Gasteiger partial charge in [0.1, 0.15) is 0 Å². The largest absolute Gasteiger partial charge is 0.264 e. The molecule has 0 bridgehead atoms. The third kappa shape index (κ3) is 2.72. The highest BCUT2D eigenvalue weighted by Crippen LogP contribution is 2.63. The Bertz CT molecular complexity index is 877. The van der Waals surface area contributed by atoms with Crippen LogP contribution in [-0.2, 0) is 9.84 Å². The van der Waals surface area contributed by atoms with Gasteiger partial charge in [-0.1, -0.05) is 18.2 Å². The molecule has 0 atom stereocenters. The van der Waals surface area contributed by atoms with E-state index in [2.05, 4.69) is 11.1 Å². The minimum absolute atomic E-state index is 0.379. The summed E-state index contributed by atoms with van der Waals surface area (Å²) >= 11 is 0. The molecule has 2 aromatic rings. The Balaban J connectivity index is 1.78. The first-order valence-electron chi connectivity index (χ1n) is 7.90. The van der Waals surface area contributed by atoms with Gasteiger partial charge in [0, 0.05) is 18.6 Å². The van der Waals surface area contributed by atoms with Crippen molar-refractivity contribution in [1.82, 2.24) is 4.98 Å². The first-order chi connectivity index (χ1) is 11.0. The summed E-state index contributed by atoms with van der Waals surface area (Å²) in [7, 11) is -3.15. The van der Waals surface area contributed by atoms with Crippen LogP contribution in [0.15, 0.2) is 53.7 Å². The summed E-state index contributed by atoms with van der Waals surface area (Å²) in [4.78, 5) is 4.64. The molecule has 0 saturated heterocycles. The lowest BCUT2D eigenvalue weighted by atomic mass is 9.98. The van der Waals surface area contributed by atoms with Crippen LogP contribution in [0.2, 0.25) is 0 Å². The summed E-state index contributed by atoms with van der Waals surface area (Å²) in [6, 6.07) is 11.4. The van der Waals surface area contributed by atoms with Crippen LogP contribution in [0.4, 0.5) is 0 Å². The topological polar surface area (TPSA) is 47.0 Å². The minimum atomic E-state index is -3.15. The number of rotatable bonds is 3. The average Bonchev–Trinajstić information content (AvgIpc) is 3.18. The van der Waals surface area contributed by atoms with Crippen molar-refractivity contribution < 1.29 is 8.42 Å². The van der Waals surface area contributed by atoms with E-state index < -0.39 is 9.84 Å². The van der Waals surface area contributed by atoms with Crippen molar-refractivity contribution >= 4 is 21.0 Å². The second kappa shape index (κ2) is 5.03. The molecule has 1 aromatic heterocycles. The molecule has 2 aliphatic rings. The van der Waals surface area contributed by atoms with E-state index in [0.29, 0.717) is 10.3 Å². The number of benzene rings is 1. The summed E-state index contributed by atoms with van der Waals surface area (Å²) in [5, 5.41) is 0. The quantitative estimate of drug-likeness (QED) is 0.858. The lowest BCUT2D eigenvalue weighted by molar-refractivity contribution is 0.568. The molecular weight excluding hydrogens is 306 g/mol. The Kier molecular flexibility index (Phi) is 3.20. The van der Waals surface area contributed by atoms with Gasteiger partial charge in [-0.15, -0.1) is 0 Å². The van der Waals surface area contributed by atoms with Gasteiger partial charge in [0.2, 0.25) is 0 Å². The van der Waals surface area contributed by atoms with E-state index in [1.54, 1.807) is 18.3 Å². The van der Waals surface area contributed by atoms with Gasteiger partial charge in [-0.3, -0.25) is 4.98 Å². The molecule has 4 rings (SSSR count). The number of allylic oxidation sites excluding steroid dienone is 2. The van der Waals surface area contributed by atoms with Crippen LogP contribution in [0.1, 0.15) is 36.8 Å². The average molecular weight is 325 g/mol. The first-order valence-corrected chi connectivity index (χ1v) is 9.79. The Morgan fingerprint density at radius 1 is 0.957 bits per heavy atom. The van der Waals surface area contributed by atoms with Crippen molar-refractivity contribution in [2.75, 3.05) is 6.26 Å². The van der Waals surface area contributed by atoms with Crippen molar-refractivity contribution in [2.24, 2.45) is 5.41 Å². The fourth-order valence-electron chi connectivity index (χ4n) is 3.55. The highest BCUT2D eigenvalue weighted by atomic mass is 32.2. The summed E-state index contributed by atoms with van der Waals surface area (Å²) in [6.07, 6.45) is 9.77. The van der Waals surface area contributed by atoms with E-state index in [1.807, 2.05) is 24.4 Å². The van der Waals surface area contributed by atoms with Crippen molar-refractivity contribution in [3.63, 3.8) is 0 Å². The number of hydrogen-bond acceptors (Lipinski definition) is 3. The molecule has 1 spiro atoms. The molecule has 0 N–H and O–H groups in total. The van der Waals surface area contributed by atoms with Crippen LogP contribution in [0.25, 0.3) is 11.1 Å². The molecular formula is C19H19NO2S. The van der Waals surface area contributed by atoms with Crippen molar-refractivity contribution in [1.29, 1.82) is 0 Å². The smallest absolute Gasteiger partial charge is 0.175 e. The number of sulfone groups is 1. The molecule has 0 unspecified atom stereocenters. The van der Waals surface area contributed by atoms with Gasteiger partial charge >= 0.3 is 0 Å². The molecule has 118 valence electrons. The van der Waals surface area contributed by atoms with E-state index in [9.17, 15) is 8.42 Å². The van der Waals surface area contributed by atoms with Gasteiger partial charge in [-0.05, 0) is 71.6 Å². The van der Waals surface area contributed by atoms with E-state index in [4.69, 9.17) is 0 Å². The molecule has 0 aliphatic heterocycles. The standard InChI is InChI=1S/C19H19NO2S/c1-23(21,22)16-6-4-14(5-7-16)17-11-19(8-9-19)12-18(17)15-3-2-10-20-13-15/h2-7,10,13H,8-9,11-12H2,1H3. The zero-order valence-corrected chi connectivity index (χ0v) is 13.9. The highest BCUT2D eigenvalue weighted by molar-refractivity contribution is 7.90. The number of pyridine rings is 1. The molecule has 1 fully saturated rings. The minimum Gasteiger partial charge on any atom is -0.264 e. The van der Waals surface area contributed by atoms with E-state index in [1.165, 1.54) is 35.8 Å². The van der Waals surface area contributed by atoms with Gasteiger partial charge in [-0.25, -0.2) is 8.42 Å². The molecule has 0 radical (unpaired) electrons. The molecule has 0 amide bonds. The normalized spacial score (nSPS) is 19.3. The summed E-state index contributed by atoms with van der Waals surface area (Å²) in [5.74, 6) is 0. The van der Waals surface area contributed by atoms with E-state index >= 15 is 0 Å². The summed E-state index contributed by atoms with van der Waals surface area (Å²) in [5.41, 5.74) is 5.52. The Hall–Kier alpha value is -1.94. The van der Waals surface area contributed by atoms with Gasteiger partial charge in [0.25, 0.3) is 0 Å². The number of nitrogens with zero attached hydrogens (tertiary/aromatic N) is 1. The fraction of sp³-hybridized carbons (Fsp3) is 0.316. The van der Waals surface area contributed by atoms with Crippen LogP contribution in [-0.4, -0.2) is 19.7 Å². The first kappa shape index (κ1) is 14.6. The second-order valence-corrected chi connectivity index (χ2v) is 8.86. The summed E-state index contributed by atoms with van der Waals surface area (Å²) in [6.45, 7) is 0. The maximum atomic E-state index is 11.6. The maximum absolute atomic E-state index is 11.6. The monoisotopic (exact) mass is 325 g/mol. The molecule has 1 saturated carbocycles. The van der Waals surface area contributed by atoms with Crippen LogP contribution in [0, 0.1) is 5.41 Å². The van der Waals surface area contributed by atoms with Crippen molar-refractivity contribution in [3.05, 3.63) is 59.9 Å². The van der Waals surface area contributed by atoms with Crippen LogP contribution in [0.3, 0.4) is 0 Å². The van der Waals surface area contributed by atoms with Gasteiger partial charge < -0.3 is 0 Å². The zero-order chi connectivity index (χ0) is 16.1. The summed E-state index contributed by atoms with van der Waals surface area (Å²) < 4.78 is 23.3. The Morgan fingerprint density at radius 2 is 1.61 bits per heavy atom. The van der Waals surface area contributed by atoms with E-state index in [-0.39, 0.29) is 0 Å². The van der Waals surface area contributed by atoms with Crippen LogP contribution >= 0.6 is 0 Å². The fourth-order valence-corrected chi connectivity index (χ4v) is 4.18. The Labute approximate surface area is 137 Å². The zero-order valence-electron chi connectivity index (χ0n) is 13.1. The molecule has 3 nitrogen and oxygen atoms in total. The molecule has 1 aromatic carbocycles. The lowest BCUT2D eigenvalue weighted by Gasteiger charge is -2.09. The van der Waals surface area contributed by atoms with Crippen LogP contribution in [0.5, 0.6) is 0 Å². The van der Waals surface area contributed by atoms with E-state index in [0.717, 1.165) is 18.4 Å². The maximum Gasteiger partial charge on any atom is 0.175 e. The Morgan fingerprint density at radius 3 is 2.13 bits per heavy atom. The van der Waals surface area contributed by atoms with Crippen LogP contribution < -0.4 is 0 Å². The lowest BCUT2D eigenvalue weighted by Crippen LogP contribution is -1.97. The predicted molar refractivity (Wildman–Crippen MR) is 91.5 cm³/mol. The third-order valence-electron chi connectivity index (χ3n) is 5.07. The van der Waals surface area contributed by atoms with Gasteiger partial charge in [0.15, 0.2) is 9.84 Å². The third-order valence-corrected chi connectivity index (χ3v) is 6.19. The molecule has 1 heterocycles. The molecule has 23 heavy (non-hydrogen) atoms. The van der Waals surface area contributed by atoms with Crippen molar-refractivity contribution in [3.8, 4) is 0 Å². The van der Waals surface area contributed by atoms with Crippen molar-refractivity contribution in [2.45, 2.75) is 30.6 Å². The second-order valence-electron chi connectivity index (χ2n) is 6.85. The highest BCUT2D eigenvalue weighted by Gasteiger charge is 2.48.